The molecule has 1 aromatic carbocycles. The van der Waals surface area contributed by atoms with Gasteiger partial charge < -0.3 is 15.9 Å². The molecular weight excluding hydrogens is 404 g/mol. The number of anilines is 2. The van der Waals surface area contributed by atoms with E-state index in [4.69, 9.17) is 15.9 Å². The van der Waals surface area contributed by atoms with Gasteiger partial charge in [0.15, 0.2) is 23.0 Å². The number of fused-ring (bicyclic) bond motifs is 1. The third kappa shape index (κ3) is 3.48. The van der Waals surface area contributed by atoms with Crippen molar-refractivity contribution in [2.45, 2.75) is 31.8 Å². The zero-order chi connectivity index (χ0) is 21.5. The number of benzene rings is 1. The van der Waals surface area contributed by atoms with Crippen molar-refractivity contribution < 1.29 is 13.2 Å². The van der Waals surface area contributed by atoms with Crippen LogP contribution in [-0.4, -0.2) is 37.1 Å². The van der Waals surface area contributed by atoms with Crippen LogP contribution in [0.15, 0.2) is 41.0 Å². The quantitative estimate of drug-likeness (QED) is 0.505. The Morgan fingerprint density at radius 3 is 2.81 bits per heavy atom. The molecule has 31 heavy (non-hydrogen) atoms. The second-order valence-corrected chi connectivity index (χ2v) is 7.67. The average molecular weight is 425 g/mol. The van der Waals surface area contributed by atoms with Gasteiger partial charge in [0.25, 0.3) is 0 Å². The summed E-state index contributed by atoms with van der Waals surface area (Å²) >= 11 is 0. The molecule has 0 amide bonds. The Morgan fingerprint density at radius 1 is 1.13 bits per heavy atom. The summed E-state index contributed by atoms with van der Waals surface area (Å²) in [5.74, 6) is -0.327. The van der Waals surface area contributed by atoms with Crippen LogP contribution in [0.25, 0.3) is 17.2 Å². The molecule has 1 unspecified atom stereocenters. The Hall–Kier alpha value is -3.53. The van der Waals surface area contributed by atoms with Crippen LogP contribution in [0.1, 0.15) is 24.0 Å². The summed E-state index contributed by atoms with van der Waals surface area (Å²) in [5.41, 5.74) is 13.8. The van der Waals surface area contributed by atoms with E-state index in [1.165, 1.54) is 10.6 Å². The Bertz CT molecular complexity index is 1240. The first-order valence-corrected chi connectivity index (χ1v) is 10.0. The SMILES string of the molecule is Nc1nc(N)n2nc(-c3ccco3)nc2c1CC1CCCN1Cc1cccc(F)c1F. The minimum absolute atomic E-state index is 0.0722. The first kappa shape index (κ1) is 19.4. The Labute approximate surface area is 176 Å². The van der Waals surface area contributed by atoms with E-state index in [0.717, 1.165) is 31.0 Å². The number of aromatic nitrogens is 4. The molecule has 5 rings (SSSR count). The fourth-order valence-corrected chi connectivity index (χ4v) is 4.19. The zero-order valence-corrected chi connectivity index (χ0v) is 16.6. The van der Waals surface area contributed by atoms with Crippen LogP contribution in [0.3, 0.4) is 0 Å². The van der Waals surface area contributed by atoms with Crippen molar-refractivity contribution in [3.05, 3.63) is 59.4 Å². The molecule has 0 spiro atoms. The number of hydrogen-bond acceptors (Lipinski definition) is 7. The fraction of sp³-hybridized carbons (Fsp3) is 0.286. The number of nitrogens with zero attached hydrogens (tertiary/aromatic N) is 5. The standard InChI is InChI=1S/C21H21F2N7O/c22-15-6-1-4-12(17(15)23)11-29-8-2-5-13(29)10-14-18(24)26-21(25)30-20(14)27-19(28-30)16-7-3-9-31-16/h1,3-4,6-7,9,13H,2,5,8,10-11,24H2,(H2,25,26). The molecule has 1 aliphatic rings. The molecule has 1 fully saturated rings. The summed E-state index contributed by atoms with van der Waals surface area (Å²) in [4.78, 5) is 10.9. The van der Waals surface area contributed by atoms with Crippen LogP contribution in [0.5, 0.6) is 0 Å². The zero-order valence-electron chi connectivity index (χ0n) is 16.6. The molecule has 0 saturated carbocycles. The maximum atomic E-state index is 14.2. The summed E-state index contributed by atoms with van der Waals surface area (Å²) in [6, 6.07) is 7.84. The van der Waals surface area contributed by atoms with Crippen molar-refractivity contribution >= 4 is 17.4 Å². The minimum Gasteiger partial charge on any atom is -0.461 e. The lowest BCUT2D eigenvalue weighted by molar-refractivity contribution is 0.240. The van der Waals surface area contributed by atoms with Crippen molar-refractivity contribution in [1.82, 2.24) is 24.5 Å². The number of hydrogen-bond donors (Lipinski definition) is 2. The summed E-state index contributed by atoms with van der Waals surface area (Å²) in [6.45, 7) is 1.10. The van der Waals surface area contributed by atoms with Crippen LogP contribution < -0.4 is 11.5 Å². The van der Waals surface area contributed by atoms with E-state index in [2.05, 4.69) is 20.0 Å². The maximum Gasteiger partial charge on any atom is 0.225 e. The lowest BCUT2D eigenvalue weighted by Gasteiger charge is -2.25. The average Bonchev–Trinajstić information content (AvgIpc) is 3.49. The van der Waals surface area contributed by atoms with Gasteiger partial charge in [-0.1, -0.05) is 12.1 Å². The Morgan fingerprint density at radius 2 is 2.00 bits per heavy atom. The lowest BCUT2D eigenvalue weighted by atomic mass is 10.0. The highest BCUT2D eigenvalue weighted by Gasteiger charge is 2.29. The van der Waals surface area contributed by atoms with Crippen LogP contribution in [0.4, 0.5) is 20.5 Å². The van der Waals surface area contributed by atoms with Crippen molar-refractivity contribution in [3.63, 3.8) is 0 Å². The summed E-state index contributed by atoms with van der Waals surface area (Å²) in [7, 11) is 0. The molecule has 4 aromatic rings. The molecule has 0 radical (unpaired) electrons. The van der Waals surface area contributed by atoms with Crippen molar-refractivity contribution in [1.29, 1.82) is 0 Å². The summed E-state index contributed by atoms with van der Waals surface area (Å²) in [6.07, 6.45) is 3.92. The van der Waals surface area contributed by atoms with E-state index >= 15 is 0 Å². The van der Waals surface area contributed by atoms with Crippen molar-refractivity contribution in [2.24, 2.45) is 0 Å². The molecule has 0 aliphatic carbocycles. The van der Waals surface area contributed by atoms with Crippen LogP contribution in [0.2, 0.25) is 0 Å². The van der Waals surface area contributed by atoms with E-state index in [9.17, 15) is 8.78 Å². The predicted molar refractivity (Wildman–Crippen MR) is 111 cm³/mol. The molecule has 4 N–H and O–H groups in total. The molecule has 0 bridgehead atoms. The Balaban J connectivity index is 1.47. The van der Waals surface area contributed by atoms with Gasteiger partial charge in [0.1, 0.15) is 5.82 Å². The van der Waals surface area contributed by atoms with E-state index < -0.39 is 11.6 Å². The first-order chi connectivity index (χ1) is 15.0. The Kier molecular flexibility index (Phi) is 4.78. The van der Waals surface area contributed by atoms with Gasteiger partial charge in [0, 0.05) is 23.7 Å². The number of rotatable bonds is 5. The largest absolute Gasteiger partial charge is 0.461 e. The molecule has 8 nitrogen and oxygen atoms in total. The number of nitrogen functional groups attached to an aromatic ring is 2. The minimum atomic E-state index is -0.837. The highest BCUT2D eigenvalue weighted by Crippen LogP contribution is 2.29. The van der Waals surface area contributed by atoms with Gasteiger partial charge in [-0.15, -0.1) is 5.10 Å². The van der Waals surface area contributed by atoms with Gasteiger partial charge in [-0.3, -0.25) is 4.90 Å². The summed E-state index contributed by atoms with van der Waals surface area (Å²) < 4.78 is 34.7. The second-order valence-electron chi connectivity index (χ2n) is 7.67. The van der Waals surface area contributed by atoms with Gasteiger partial charge in [-0.2, -0.15) is 9.50 Å². The predicted octanol–water partition coefficient (Wildman–Crippen LogP) is 3.03. The number of nitrogens with two attached hydrogens (primary N) is 2. The van der Waals surface area contributed by atoms with Gasteiger partial charge in [-0.25, -0.2) is 13.8 Å². The molecule has 1 saturated heterocycles. The van der Waals surface area contributed by atoms with Crippen LogP contribution in [-0.2, 0) is 13.0 Å². The van der Waals surface area contributed by atoms with Crippen molar-refractivity contribution in [3.8, 4) is 11.6 Å². The van der Waals surface area contributed by atoms with Gasteiger partial charge in [-0.05, 0) is 44.0 Å². The molecule has 10 heteroatoms. The van der Waals surface area contributed by atoms with E-state index in [-0.39, 0.29) is 17.8 Å². The van der Waals surface area contributed by atoms with E-state index in [1.54, 1.807) is 24.5 Å². The van der Waals surface area contributed by atoms with Crippen LogP contribution >= 0.6 is 0 Å². The van der Waals surface area contributed by atoms with E-state index in [0.29, 0.717) is 35.8 Å². The van der Waals surface area contributed by atoms with Gasteiger partial charge in [0.05, 0.1) is 6.26 Å². The van der Waals surface area contributed by atoms with Crippen molar-refractivity contribution in [2.75, 3.05) is 18.0 Å². The molecule has 1 aliphatic heterocycles. The first-order valence-electron chi connectivity index (χ1n) is 10.0. The smallest absolute Gasteiger partial charge is 0.225 e. The third-order valence-electron chi connectivity index (χ3n) is 5.72. The number of halogens is 2. The second kappa shape index (κ2) is 7.62. The lowest BCUT2D eigenvalue weighted by Crippen LogP contribution is -2.31. The van der Waals surface area contributed by atoms with Gasteiger partial charge in [0.2, 0.25) is 11.8 Å². The van der Waals surface area contributed by atoms with Crippen LogP contribution in [0, 0.1) is 11.6 Å². The van der Waals surface area contributed by atoms with E-state index in [1.807, 2.05) is 0 Å². The molecular formula is C21H21F2N7O. The molecule has 3 aromatic heterocycles. The third-order valence-corrected chi connectivity index (χ3v) is 5.72. The van der Waals surface area contributed by atoms with Gasteiger partial charge >= 0.3 is 0 Å². The molecule has 1 atom stereocenters. The molecule has 160 valence electrons. The maximum absolute atomic E-state index is 14.2. The number of likely N-dealkylation sites (tertiary alicyclic amines) is 1. The monoisotopic (exact) mass is 425 g/mol. The normalized spacial score (nSPS) is 17.0. The topological polar surface area (TPSA) is 111 Å². The molecule has 4 heterocycles. The fourth-order valence-electron chi connectivity index (χ4n) is 4.19. The summed E-state index contributed by atoms with van der Waals surface area (Å²) in [5, 5.41) is 4.40. The number of furan rings is 1. The highest BCUT2D eigenvalue weighted by atomic mass is 19.2. The highest BCUT2D eigenvalue weighted by molar-refractivity contribution is 5.64.